The normalized spacial score (nSPS) is 20.3. The number of hydrogen-bond donors (Lipinski definition) is 2. The van der Waals surface area contributed by atoms with Crippen LogP contribution in [0, 0.1) is 5.82 Å². The lowest BCUT2D eigenvalue weighted by Gasteiger charge is -2.39. The number of benzene rings is 1. The van der Waals surface area contributed by atoms with Gasteiger partial charge in [0.25, 0.3) is 0 Å². The van der Waals surface area contributed by atoms with E-state index in [4.69, 9.17) is 9.47 Å². The predicted octanol–water partition coefficient (Wildman–Crippen LogP) is 2.04. The molecular formula is C19H24FN3O5. The molecule has 1 aromatic carbocycles. The number of likely N-dealkylation sites (tertiary alicyclic amines) is 1. The number of halogens is 1. The molecule has 0 spiro atoms. The van der Waals surface area contributed by atoms with Gasteiger partial charge in [-0.1, -0.05) is 0 Å². The van der Waals surface area contributed by atoms with Gasteiger partial charge < -0.3 is 19.7 Å². The van der Waals surface area contributed by atoms with Gasteiger partial charge in [-0.3, -0.25) is 14.9 Å². The Bertz CT molecular complexity index is 786. The highest BCUT2D eigenvalue weighted by molar-refractivity contribution is 6.01. The Morgan fingerprint density at radius 1 is 1.29 bits per heavy atom. The van der Waals surface area contributed by atoms with Crippen LogP contribution in [0.1, 0.15) is 33.6 Å². The molecule has 28 heavy (non-hydrogen) atoms. The Hall–Kier alpha value is -2.84. The summed E-state index contributed by atoms with van der Waals surface area (Å²) in [4.78, 5) is 36.3. The van der Waals surface area contributed by atoms with Crippen molar-refractivity contribution in [1.82, 2.24) is 10.2 Å². The number of hydrogen-bond acceptors (Lipinski definition) is 6. The first kappa shape index (κ1) is 19.9. The van der Waals surface area contributed by atoms with Gasteiger partial charge in [0.15, 0.2) is 11.6 Å². The van der Waals surface area contributed by atoms with Gasteiger partial charge in [-0.2, -0.15) is 0 Å². The molecule has 2 aliphatic rings. The standard InChI is InChI=1S/C19H24FN3O5/c1-19(2,3)28-18(26)23-9-12(10-23)27-15-6-4-11(8-13(15)20)21-14-5-7-16(24)22-17(14)25/h4,6,8,12,14,21H,5,7,9-10H2,1-3H3,(H,22,24,25). The topological polar surface area (TPSA) is 97.0 Å². The summed E-state index contributed by atoms with van der Waals surface area (Å²) in [6, 6.07) is 3.73. The fraction of sp³-hybridized carbons (Fsp3) is 0.526. The molecule has 2 aliphatic heterocycles. The van der Waals surface area contributed by atoms with Gasteiger partial charge in [0.1, 0.15) is 17.7 Å². The van der Waals surface area contributed by atoms with E-state index in [0.717, 1.165) is 0 Å². The Kier molecular flexibility index (Phi) is 5.44. The first-order valence-electron chi connectivity index (χ1n) is 9.15. The summed E-state index contributed by atoms with van der Waals surface area (Å²) >= 11 is 0. The zero-order chi connectivity index (χ0) is 20.5. The van der Waals surface area contributed by atoms with Crippen molar-refractivity contribution in [3.05, 3.63) is 24.0 Å². The molecule has 0 aromatic heterocycles. The summed E-state index contributed by atoms with van der Waals surface area (Å²) in [5, 5.41) is 5.16. The number of nitrogens with one attached hydrogen (secondary N) is 2. The predicted molar refractivity (Wildman–Crippen MR) is 98.4 cm³/mol. The molecule has 0 saturated carbocycles. The van der Waals surface area contributed by atoms with E-state index in [-0.39, 0.29) is 24.2 Å². The third kappa shape index (κ3) is 4.90. The zero-order valence-electron chi connectivity index (χ0n) is 16.1. The Morgan fingerprint density at radius 2 is 2.00 bits per heavy atom. The second kappa shape index (κ2) is 7.65. The molecule has 8 nitrogen and oxygen atoms in total. The van der Waals surface area contributed by atoms with Crippen molar-refractivity contribution in [1.29, 1.82) is 0 Å². The highest BCUT2D eigenvalue weighted by atomic mass is 19.1. The van der Waals surface area contributed by atoms with E-state index < -0.39 is 29.5 Å². The van der Waals surface area contributed by atoms with Crippen LogP contribution in [0.25, 0.3) is 0 Å². The number of imide groups is 1. The molecule has 3 amide bonds. The van der Waals surface area contributed by atoms with Gasteiger partial charge in [-0.25, -0.2) is 9.18 Å². The lowest BCUT2D eigenvalue weighted by atomic mass is 10.1. The Balaban J connectivity index is 1.51. The van der Waals surface area contributed by atoms with E-state index in [2.05, 4.69) is 10.6 Å². The summed E-state index contributed by atoms with van der Waals surface area (Å²) < 4.78 is 25.2. The minimum absolute atomic E-state index is 0.0719. The molecule has 2 N–H and O–H groups in total. The number of carbonyl (C=O) groups excluding carboxylic acids is 3. The SMILES string of the molecule is CC(C)(C)OC(=O)N1CC(Oc2ccc(NC3CCC(=O)NC3=O)cc2F)C1. The van der Waals surface area contributed by atoms with E-state index in [1.165, 1.54) is 17.0 Å². The van der Waals surface area contributed by atoms with Gasteiger partial charge in [-0.05, 0) is 39.3 Å². The average molecular weight is 393 g/mol. The molecule has 1 aromatic rings. The molecule has 0 radical (unpaired) electrons. The number of carbonyl (C=O) groups is 3. The molecule has 0 bridgehead atoms. The van der Waals surface area contributed by atoms with Crippen LogP contribution in [0.3, 0.4) is 0 Å². The number of amides is 3. The van der Waals surface area contributed by atoms with E-state index >= 15 is 0 Å². The summed E-state index contributed by atoms with van der Waals surface area (Å²) in [7, 11) is 0. The second-order valence-electron chi connectivity index (χ2n) is 7.92. The molecule has 9 heteroatoms. The summed E-state index contributed by atoms with van der Waals surface area (Å²) in [6.45, 7) is 6.02. The minimum atomic E-state index is -0.585. The van der Waals surface area contributed by atoms with E-state index in [0.29, 0.717) is 25.2 Å². The van der Waals surface area contributed by atoms with Crippen LogP contribution in [0.5, 0.6) is 5.75 Å². The minimum Gasteiger partial charge on any atom is -0.484 e. The van der Waals surface area contributed by atoms with Crippen LogP contribution < -0.4 is 15.4 Å². The van der Waals surface area contributed by atoms with E-state index in [1.807, 2.05) is 0 Å². The third-order valence-corrected chi connectivity index (χ3v) is 4.31. The maximum atomic E-state index is 14.3. The van der Waals surface area contributed by atoms with Crippen molar-refractivity contribution in [3.63, 3.8) is 0 Å². The number of nitrogens with zero attached hydrogens (tertiary/aromatic N) is 1. The molecule has 1 atom stereocenters. The van der Waals surface area contributed by atoms with Crippen molar-refractivity contribution in [2.45, 2.75) is 51.4 Å². The highest BCUT2D eigenvalue weighted by Crippen LogP contribution is 2.26. The first-order valence-corrected chi connectivity index (χ1v) is 9.15. The largest absolute Gasteiger partial charge is 0.484 e. The van der Waals surface area contributed by atoms with Gasteiger partial charge >= 0.3 is 6.09 Å². The summed E-state index contributed by atoms with van der Waals surface area (Å²) in [5.41, 5.74) is -0.149. The lowest BCUT2D eigenvalue weighted by Crippen LogP contribution is -2.57. The van der Waals surface area contributed by atoms with E-state index in [9.17, 15) is 18.8 Å². The molecule has 2 heterocycles. The highest BCUT2D eigenvalue weighted by Gasteiger charge is 2.35. The van der Waals surface area contributed by atoms with Crippen molar-refractivity contribution < 1.29 is 28.2 Å². The molecule has 3 rings (SSSR count). The van der Waals surface area contributed by atoms with Gasteiger partial charge in [-0.15, -0.1) is 0 Å². The lowest BCUT2D eigenvalue weighted by molar-refractivity contribution is -0.133. The van der Waals surface area contributed by atoms with Crippen LogP contribution in [-0.2, 0) is 14.3 Å². The van der Waals surface area contributed by atoms with Crippen LogP contribution in [0.2, 0.25) is 0 Å². The first-order chi connectivity index (χ1) is 13.1. The average Bonchev–Trinajstić information content (AvgIpc) is 2.53. The second-order valence-corrected chi connectivity index (χ2v) is 7.92. The van der Waals surface area contributed by atoms with Crippen molar-refractivity contribution in [3.8, 4) is 5.75 Å². The van der Waals surface area contributed by atoms with Crippen LogP contribution in [0.15, 0.2) is 18.2 Å². The quantitative estimate of drug-likeness (QED) is 0.760. The maximum Gasteiger partial charge on any atom is 0.410 e. The zero-order valence-corrected chi connectivity index (χ0v) is 16.1. The van der Waals surface area contributed by atoms with Crippen molar-refractivity contribution in [2.75, 3.05) is 18.4 Å². The van der Waals surface area contributed by atoms with Gasteiger partial charge in [0.05, 0.1) is 13.1 Å². The number of rotatable bonds is 4. The van der Waals surface area contributed by atoms with Crippen LogP contribution in [-0.4, -0.2) is 53.6 Å². The fourth-order valence-corrected chi connectivity index (χ4v) is 2.89. The number of piperidine rings is 1. The smallest absolute Gasteiger partial charge is 0.410 e. The van der Waals surface area contributed by atoms with Crippen molar-refractivity contribution in [2.24, 2.45) is 0 Å². The van der Waals surface area contributed by atoms with Crippen molar-refractivity contribution >= 4 is 23.6 Å². The molecule has 2 saturated heterocycles. The Labute approximate surface area is 162 Å². The fourth-order valence-electron chi connectivity index (χ4n) is 2.89. The Morgan fingerprint density at radius 3 is 2.61 bits per heavy atom. The molecule has 0 aliphatic carbocycles. The van der Waals surface area contributed by atoms with Gasteiger partial charge in [0, 0.05) is 18.2 Å². The molecule has 1 unspecified atom stereocenters. The van der Waals surface area contributed by atoms with Crippen LogP contribution in [0.4, 0.5) is 14.9 Å². The van der Waals surface area contributed by atoms with Gasteiger partial charge in [0.2, 0.25) is 11.8 Å². The summed E-state index contributed by atoms with van der Waals surface area (Å²) in [6.07, 6.45) is -0.136. The monoisotopic (exact) mass is 393 g/mol. The number of ether oxygens (including phenoxy) is 2. The maximum absolute atomic E-state index is 14.3. The molecule has 152 valence electrons. The number of anilines is 1. The summed E-state index contributed by atoms with van der Waals surface area (Å²) in [5.74, 6) is -1.23. The molecular weight excluding hydrogens is 369 g/mol. The third-order valence-electron chi connectivity index (χ3n) is 4.31. The van der Waals surface area contributed by atoms with Crippen LogP contribution >= 0.6 is 0 Å². The molecule has 2 fully saturated rings. The van der Waals surface area contributed by atoms with E-state index in [1.54, 1.807) is 26.8 Å².